The third-order valence-electron chi connectivity index (χ3n) is 3.67. The summed E-state index contributed by atoms with van der Waals surface area (Å²) in [5.74, 6) is 0. The van der Waals surface area contributed by atoms with Gasteiger partial charge in [-0.3, -0.25) is 0 Å². The highest BCUT2D eigenvalue weighted by Crippen LogP contribution is 2.24. The molecule has 2 N–H and O–H groups in total. The van der Waals surface area contributed by atoms with Crippen LogP contribution < -0.4 is 10.6 Å². The van der Waals surface area contributed by atoms with E-state index in [1.165, 1.54) is 0 Å². The highest BCUT2D eigenvalue weighted by Gasteiger charge is 2.11. The monoisotopic (exact) mass is 316 g/mol. The first-order valence-electron chi connectivity index (χ1n) is 7.50. The fraction of sp³-hybridized carbons (Fsp3) is 0.278. The quantitative estimate of drug-likeness (QED) is 0.777. The van der Waals surface area contributed by atoms with Crippen LogP contribution in [-0.4, -0.2) is 6.03 Å². The molecule has 0 spiro atoms. The lowest BCUT2D eigenvalue weighted by Gasteiger charge is -2.15. The maximum absolute atomic E-state index is 12.3. The number of urea groups is 1. The summed E-state index contributed by atoms with van der Waals surface area (Å²) in [5.41, 5.74) is 4.89. The lowest BCUT2D eigenvalue weighted by molar-refractivity contribution is 0.262. The Morgan fingerprint density at radius 3 is 2.23 bits per heavy atom. The van der Waals surface area contributed by atoms with E-state index in [1.54, 1.807) is 6.07 Å². The summed E-state index contributed by atoms with van der Waals surface area (Å²) >= 11 is 5.93. The molecule has 0 bridgehead atoms. The maximum Gasteiger partial charge on any atom is 0.323 e. The average molecular weight is 317 g/mol. The third-order valence-corrected chi connectivity index (χ3v) is 3.91. The molecule has 0 atom stereocenters. The summed E-state index contributed by atoms with van der Waals surface area (Å²) in [6, 6.07) is 11.3. The Kier molecular flexibility index (Phi) is 5.45. The van der Waals surface area contributed by atoms with Crippen LogP contribution in [0.25, 0.3) is 0 Å². The molecule has 0 saturated carbocycles. The number of rotatable bonds is 4. The van der Waals surface area contributed by atoms with Crippen molar-refractivity contribution in [1.29, 1.82) is 0 Å². The number of benzene rings is 2. The molecule has 4 heteroatoms. The first-order chi connectivity index (χ1) is 10.5. The van der Waals surface area contributed by atoms with E-state index >= 15 is 0 Å². The Morgan fingerprint density at radius 2 is 1.68 bits per heavy atom. The second-order valence-electron chi connectivity index (χ2n) is 5.20. The van der Waals surface area contributed by atoms with Gasteiger partial charge in [-0.2, -0.15) is 0 Å². The van der Waals surface area contributed by atoms with Crippen LogP contribution in [0.2, 0.25) is 5.02 Å². The third kappa shape index (κ3) is 3.80. The van der Waals surface area contributed by atoms with Gasteiger partial charge in [-0.1, -0.05) is 43.6 Å². The number of hydrogen-bond donors (Lipinski definition) is 2. The molecule has 2 rings (SSSR count). The zero-order valence-electron chi connectivity index (χ0n) is 13.2. The summed E-state index contributed by atoms with van der Waals surface area (Å²) in [6.07, 6.45) is 1.76. The molecule has 22 heavy (non-hydrogen) atoms. The van der Waals surface area contributed by atoms with Crippen molar-refractivity contribution >= 4 is 29.0 Å². The maximum atomic E-state index is 12.3. The van der Waals surface area contributed by atoms with Crippen LogP contribution in [0.5, 0.6) is 0 Å². The Morgan fingerprint density at radius 1 is 1.05 bits per heavy atom. The Bertz CT molecular complexity index is 661. The van der Waals surface area contributed by atoms with Crippen LogP contribution >= 0.6 is 11.6 Å². The fourth-order valence-corrected chi connectivity index (χ4v) is 2.66. The average Bonchev–Trinajstić information content (AvgIpc) is 2.50. The zero-order valence-corrected chi connectivity index (χ0v) is 13.9. The normalized spacial score (nSPS) is 10.4. The minimum atomic E-state index is -0.235. The van der Waals surface area contributed by atoms with E-state index in [0.29, 0.717) is 5.02 Å². The number of halogens is 1. The lowest BCUT2D eigenvalue weighted by Crippen LogP contribution is -2.21. The second kappa shape index (κ2) is 7.32. The largest absolute Gasteiger partial charge is 0.323 e. The molecule has 2 aromatic rings. The highest BCUT2D eigenvalue weighted by molar-refractivity contribution is 6.30. The minimum absolute atomic E-state index is 0.235. The van der Waals surface area contributed by atoms with Crippen molar-refractivity contribution in [3.63, 3.8) is 0 Å². The number of carbonyl (C=O) groups excluding carboxylic acids is 1. The summed E-state index contributed by atoms with van der Waals surface area (Å²) in [5, 5.41) is 6.53. The van der Waals surface area contributed by atoms with Crippen LogP contribution in [0, 0.1) is 6.92 Å². The van der Waals surface area contributed by atoms with Crippen molar-refractivity contribution in [2.24, 2.45) is 0 Å². The standard InChI is InChI=1S/C18H21ClN2O/c1-4-13-7-6-8-14(5-2)17(13)21-18(22)20-16-10-9-15(19)11-12(16)3/h6-11H,4-5H2,1-3H3,(H2,20,21,22). The number of carbonyl (C=O) groups is 1. The molecule has 0 saturated heterocycles. The molecule has 0 unspecified atom stereocenters. The van der Waals surface area contributed by atoms with Crippen LogP contribution in [0.1, 0.15) is 30.5 Å². The Hall–Kier alpha value is -2.00. The summed E-state index contributed by atoms with van der Waals surface area (Å²) in [7, 11) is 0. The van der Waals surface area contributed by atoms with Crippen molar-refractivity contribution in [2.45, 2.75) is 33.6 Å². The molecule has 0 aliphatic heterocycles. The van der Waals surface area contributed by atoms with Crippen molar-refractivity contribution in [3.05, 3.63) is 58.1 Å². The lowest BCUT2D eigenvalue weighted by atomic mass is 10.0. The molecule has 0 aliphatic carbocycles. The predicted octanol–water partition coefficient (Wildman–Crippen LogP) is 5.42. The van der Waals surface area contributed by atoms with Gasteiger partial charge in [-0.25, -0.2) is 4.79 Å². The number of amides is 2. The number of anilines is 2. The van der Waals surface area contributed by atoms with E-state index in [4.69, 9.17) is 11.6 Å². The number of hydrogen-bond acceptors (Lipinski definition) is 1. The van der Waals surface area contributed by atoms with E-state index in [0.717, 1.165) is 40.9 Å². The van der Waals surface area contributed by atoms with Crippen molar-refractivity contribution in [3.8, 4) is 0 Å². The van der Waals surface area contributed by atoms with E-state index < -0.39 is 0 Å². The van der Waals surface area contributed by atoms with Crippen molar-refractivity contribution < 1.29 is 4.79 Å². The molecule has 2 amide bonds. The van der Waals surface area contributed by atoms with Gasteiger partial charge in [0.2, 0.25) is 0 Å². The Labute approximate surface area is 136 Å². The van der Waals surface area contributed by atoms with E-state index in [-0.39, 0.29) is 6.03 Å². The molecule has 0 aliphatic rings. The number of aryl methyl sites for hydroxylation is 3. The van der Waals surface area contributed by atoms with E-state index in [9.17, 15) is 4.79 Å². The topological polar surface area (TPSA) is 41.1 Å². The van der Waals surface area contributed by atoms with Crippen molar-refractivity contribution in [2.75, 3.05) is 10.6 Å². The highest BCUT2D eigenvalue weighted by atomic mass is 35.5. The van der Waals surface area contributed by atoms with Gasteiger partial charge >= 0.3 is 6.03 Å². The van der Waals surface area contributed by atoms with Crippen LogP contribution in [0.15, 0.2) is 36.4 Å². The van der Waals surface area contributed by atoms with Gasteiger partial charge in [0.05, 0.1) is 0 Å². The Balaban J connectivity index is 2.19. The van der Waals surface area contributed by atoms with Gasteiger partial charge in [-0.05, 0) is 54.7 Å². The molecular formula is C18H21ClN2O. The minimum Gasteiger partial charge on any atom is -0.307 e. The second-order valence-corrected chi connectivity index (χ2v) is 5.63. The number of para-hydroxylation sites is 1. The molecular weight excluding hydrogens is 296 g/mol. The molecule has 0 fully saturated rings. The first kappa shape index (κ1) is 16.4. The van der Waals surface area contributed by atoms with Crippen LogP contribution in [0.3, 0.4) is 0 Å². The van der Waals surface area contributed by atoms with Gasteiger partial charge < -0.3 is 10.6 Å². The van der Waals surface area contributed by atoms with Crippen LogP contribution in [-0.2, 0) is 12.8 Å². The molecule has 0 radical (unpaired) electrons. The summed E-state index contributed by atoms with van der Waals surface area (Å²) in [6.45, 7) is 6.08. The van der Waals surface area contributed by atoms with E-state index in [1.807, 2.05) is 37.3 Å². The number of nitrogens with one attached hydrogen (secondary N) is 2. The molecule has 0 heterocycles. The van der Waals surface area contributed by atoms with Gasteiger partial charge in [0.25, 0.3) is 0 Å². The molecule has 3 nitrogen and oxygen atoms in total. The first-order valence-corrected chi connectivity index (χ1v) is 7.87. The summed E-state index contributed by atoms with van der Waals surface area (Å²) < 4.78 is 0. The van der Waals surface area contributed by atoms with Gasteiger partial charge in [0, 0.05) is 16.4 Å². The zero-order chi connectivity index (χ0) is 16.1. The van der Waals surface area contributed by atoms with Crippen molar-refractivity contribution in [1.82, 2.24) is 0 Å². The predicted molar refractivity (Wildman–Crippen MR) is 94.0 cm³/mol. The molecule has 116 valence electrons. The molecule has 2 aromatic carbocycles. The SMILES string of the molecule is CCc1cccc(CC)c1NC(=O)Nc1ccc(Cl)cc1C. The van der Waals surface area contributed by atoms with E-state index in [2.05, 4.69) is 24.5 Å². The van der Waals surface area contributed by atoms with Gasteiger partial charge in [-0.15, -0.1) is 0 Å². The van der Waals surface area contributed by atoms with Gasteiger partial charge in [0.15, 0.2) is 0 Å². The van der Waals surface area contributed by atoms with Crippen LogP contribution in [0.4, 0.5) is 16.2 Å². The molecule has 0 aromatic heterocycles. The fourth-order valence-electron chi connectivity index (χ4n) is 2.44. The van der Waals surface area contributed by atoms with Gasteiger partial charge in [0.1, 0.15) is 0 Å². The smallest absolute Gasteiger partial charge is 0.307 e. The summed E-state index contributed by atoms with van der Waals surface area (Å²) in [4.78, 5) is 12.3.